The van der Waals surface area contributed by atoms with Gasteiger partial charge in [0.15, 0.2) is 6.10 Å². The zero-order valence-corrected chi connectivity index (χ0v) is 44.7. The lowest BCUT2D eigenvalue weighted by Gasteiger charge is -2.18. The molecule has 67 heavy (non-hydrogen) atoms. The molecule has 0 aliphatic rings. The van der Waals surface area contributed by atoms with Crippen LogP contribution in [0.5, 0.6) is 0 Å². The van der Waals surface area contributed by atoms with Crippen LogP contribution < -0.4 is 0 Å². The summed E-state index contributed by atoms with van der Waals surface area (Å²) in [5.41, 5.74) is 0. The number of esters is 3. The van der Waals surface area contributed by atoms with Gasteiger partial charge in [-0.3, -0.25) is 14.4 Å². The molecule has 0 aromatic carbocycles. The number of hydrogen-bond donors (Lipinski definition) is 0. The molecule has 0 spiro atoms. The average Bonchev–Trinajstić information content (AvgIpc) is 3.33. The Morgan fingerprint density at radius 1 is 0.299 bits per heavy atom. The first kappa shape index (κ1) is 64.4. The maximum absolute atomic E-state index is 12.8. The Hall–Kier alpha value is -2.63. The lowest BCUT2D eigenvalue weighted by Crippen LogP contribution is -2.30. The molecule has 0 N–H and O–H groups in total. The molecular weight excluding hydrogens is 829 g/mol. The Morgan fingerprint density at radius 3 is 0.866 bits per heavy atom. The predicted octanol–water partition coefficient (Wildman–Crippen LogP) is 19.4. The molecule has 0 saturated heterocycles. The minimum absolute atomic E-state index is 0.0819. The van der Waals surface area contributed by atoms with Gasteiger partial charge in [-0.15, -0.1) is 0 Å². The van der Waals surface area contributed by atoms with Gasteiger partial charge in [0.1, 0.15) is 13.2 Å². The number of carbonyl (C=O) groups excluding carboxylic acids is 3. The highest BCUT2D eigenvalue weighted by atomic mass is 16.6. The van der Waals surface area contributed by atoms with Crippen LogP contribution in [0.2, 0.25) is 0 Å². The summed E-state index contributed by atoms with van der Waals surface area (Å²) in [6, 6.07) is 0. The smallest absolute Gasteiger partial charge is 0.306 e. The lowest BCUT2D eigenvalue weighted by molar-refractivity contribution is -0.167. The number of rotatable bonds is 53. The molecule has 6 heteroatoms. The van der Waals surface area contributed by atoms with Gasteiger partial charge in [-0.2, -0.15) is 0 Å². The third-order valence-corrected chi connectivity index (χ3v) is 12.8. The van der Waals surface area contributed by atoms with Crippen molar-refractivity contribution in [1.82, 2.24) is 0 Å². The number of hydrogen-bond acceptors (Lipinski definition) is 6. The first-order valence-electron chi connectivity index (χ1n) is 29.1. The molecule has 0 heterocycles. The lowest BCUT2D eigenvalue weighted by atomic mass is 10.0. The fourth-order valence-corrected chi connectivity index (χ4v) is 8.43. The first-order chi connectivity index (χ1) is 33.0. The van der Waals surface area contributed by atoms with Gasteiger partial charge in [-0.05, 0) is 64.2 Å². The number of carbonyl (C=O) groups is 3. The normalized spacial score (nSPS) is 12.3. The molecule has 0 aromatic heterocycles. The Kier molecular flexibility index (Phi) is 53.8. The molecule has 0 aliphatic heterocycles. The molecule has 0 bridgehead atoms. The van der Waals surface area contributed by atoms with Crippen molar-refractivity contribution in [1.29, 1.82) is 0 Å². The summed E-state index contributed by atoms with van der Waals surface area (Å²) in [7, 11) is 0. The molecule has 0 aromatic rings. The third kappa shape index (κ3) is 54.2. The van der Waals surface area contributed by atoms with Crippen LogP contribution in [0, 0.1) is 0 Å². The van der Waals surface area contributed by atoms with Crippen LogP contribution in [0.25, 0.3) is 0 Å². The summed E-state index contributed by atoms with van der Waals surface area (Å²) in [5, 5.41) is 0. The largest absolute Gasteiger partial charge is 0.462 e. The van der Waals surface area contributed by atoms with Gasteiger partial charge in [0, 0.05) is 19.3 Å². The highest BCUT2D eigenvalue weighted by Crippen LogP contribution is 2.16. The van der Waals surface area contributed by atoms with Crippen LogP contribution >= 0.6 is 0 Å². The summed E-state index contributed by atoms with van der Waals surface area (Å²) in [6.07, 6.45) is 68.2. The SMILES string of the molecule is CCCCC/C=C\C/C=C\C/C=C\C/C=C\CCCCCC(=O)O[C@@H](COC(=O)CCCCCCCCCCCCC)COC(=O)CCCCCCCCCCCCCCCCCCCCC. The Labute approximate surface area is 416 Å². The van der Waals surface area contributed by atoms with E-state index in [1.807, 2.05) is 0 Å². The topological polar surface area (TPSA) is 78.9 Å². The third-order valence-electron chi connectivity index (χ3n) is 12.8. The van der Waals surface area contributed by atoms with E-state index in [1.54, 1.807) is 0 Å². The van der Waals surface area contributed by atoms with E-state index in [-0.39, 0.29) is 31.1 Å². The Bertz CT molecular complexity index is 1170. The zero-order chi connectivity index (χ0) is 48.6. The van der Waals surface area contributed by atoms with Crippen LogP contribution in [0.3, 0.4) is 0 Å². The Morgan fingerprint density at radius 2 is 0.537 bits per heavy atom. The molecule has 0 aliphatic carbocycles. The monoisotopic (exact) mass is 939 g/mol. The van der Waals surface area contributed by atoms with Gasteiger partial charge in [-0.1, -0.05) is 268 Å². The van der Waals surface area contributed by atoms with E-state index < -0.39 is 6.10 Å². The van der Waals surface area contributed by atoms with Gasteiger partial charge in [0.2, 0.25) is 0 Å². The quantitative estimate of drug-likeness (QED) is 0.0262. The fourth-order valence-electron chi connectivity index (χ4n) is 8.43. The molecular formula is C61H110O6. The molecule has 0 saturated carbocycles. The van der Waals surface area contributed by atoms with Gasteiger partial charge < -0.3 is 14.2 Å². The van der Waals surface area contributed by atoms with E-state index in [0.717, 1.165) is 83.5 Å². The van der Waals surface area contributed by atoms with Crippen LogP contribution in [-0.4, -0.2) is 37.2 Å². The van der Waals surface area contributed by atoms with Crippen molar-refractivity contribution in [3.63, 3.8) is 0 Å². The summed E-state index contributed by atoms with van der Waals surface area (Å²) < 4.78 is 16.8. The molecule has 0 rings (SSSR count). The van der Waals surface area contributed by atoms with Crippen LogP contribution in [0.4, 0.5) is 0 Å². The van der Waals surface area contributed by atoms with E-state index in [2.05, 4.69) is 69.4 Å². The van der Waals surface area contributed by atoms with Crippen molar-refractivity contribution >= 4 is 17.9 Å². The first-order valence-corrected chi connectivity index (χ1v) is 29.1. The van der Waals surface area contributed by atoms with E-state index in [1.165, 1.54) is 180 Å². The number of unbranched alkanes of at least 4 members (excludes halogenated alkanes) is 34. The zero-order valence-electron chi connectivity index (χ0n) is 44.7. The number of ether oxygens (including phenoxy) is 3. The predicted molar refractivity (Wildman–Crippen MR) is 289 cm³/mol. The van der Waals surface area contributed by atoms with E-state index in [9.17, 15) is 14.4 Å². The summed E-state index contributed by atoms with van der Waals surface area (Å²) in [4.78, 5) is 38.1. The molecule has 6 nitrogen and oxygen atoms in total. The van der Waals surface area contributed by atoms with E-state index in [4.69, 9.17) is 14.2 Å². The summed E-state index contributed by atoms with van der Waals surface area (Å²) >= 11 is 0. The molecule has 0 radical (unpaired) electrons. The highest BCUT2D eigenvalue weighted by molar-refractivity contribution is 5.71. The van der Waals surface area contributed by atoms with Gasteiger partial charge in [0.05, 0.1) is 0 Å². The highest BCUT2D eigenvalue weighted by Gasteiger charge is 2.19. The van der Waals surface area contributed by atoms with Crippen molar-refractivity contribution < 1.29 is 28.6 Å². The van der Waals surface area contributed by atoms with Crippen molar-refractivity contribution in [2.45, 2.75) is 309 Å². The second-order valence-corrected chi connectivity index (χ2v) is 19.6. The maximum Gasteiger partial charge on any atom is 0.306 e. The van der Waals surface area contributed by atoms with Gasteiger partial charge >= 0.3 is 17.9 Å². The van der Waals surface area contributed by atoms with E-state index in [0.29, 0.717) is 19.3 Å². The molecule has 1 atom stereocenters. The van der Waals surface area contributed by atoms with Crippen LogP contribution in [0.15, 0.2) is 48.6 Å². The molecule has 0 unspecified atom stereocenters. The average molecular weight is 940 g/mol. The second kappa shape index (κ2) is 56.0. The minimum atomic E-state index is -0.786. The van der Waals surface area contributed by atoms with Crippen molar-refractivity contribution in [3.8, 4) is 0 Å². The van der Waals surface area contributed by atoms with E-state index >= 15 is 0 Å². The molecule has 0 amide bonds. The van der Waals surface area contributed by atoms with Gasteiger partial charge in [0.25, 0.3) is 0 Å². The van der Waals surface area contributed by atoms with Crippen LogP contribution in [-0.2, 0) is 28.6 Å². The fraction of sp³-hybridized carbons (Fsp3) is 0.820. The molecule has 390 valence electrons. The summed E-state index contributed by atoms with van der Waals surface area (Å²) in [5.74, 6) is -0.898. The van der Waals surface area contributed by atoms with Crippen LogP contribution in [0.1, 0.15) is 303 Å². The number of allylic oxidation sites excluding steroid dienone is 8. The Balaban J connectivity index is 4.35. The minimum Gasteiger partial charge on any atom is -0.462 e. The second-order valence-electron chi connectivity index (χ2n) is 19.6. The van der Waals surface area contributed by atoms with Crippen molar-refractivity contribution in [3.05, 3.63) is 48.6 Å². The maximum atomic E-state index is 12.8. The van der Waals surface area contributed by atoms with Crippen molar-refractivity contribution in [2.75, 3.05) is 13.2 Å². The van der Waals surface area contributed by atoms with Crippen molar-refractivity contribution in [2.24, 2.45) is 0 Å². The molecule has 0 fully saturated rings. The standard InChI is InChI=1S/C61H110O6/c1-4-7-10-13-16-19-22-24-26-28-30-32-34-36-39-42-45-48-51-54-60(63)66-57-58(56-65-59(62)53-50-47-44-41-38-21-18-15-12-9-6-3)67-61(64)55-52-49-46-43-40-37-35-33-31-29-27-25-23-20-17-14-11-8-5-2/h17,20,25,27,31,33,37,40,58H,4-16,18-19,21-24,26,28-30,32,34-36,38-39,41-57H2,1-3H3/b20-17-,27-25-,33-31-,40-37-/t58-/m0/s1. The van der Waals surface area contributed by atoms with Gasteiger partial charge in [-0.25, -0.2) is 0 Å². The summed E-state index contributed by atoms with van der Waals surface area (Å²) in [6.45, 7) is 6.62.